The lowest BCUT2D eigenvalue weighted by atomic mass is 10.1. The van der Waals surface area contributed by atoms with Crippen molar-refractivity contribution in [1.29, 1.82) is 0 Å². The van der Waals surface area contributed by atoms with Gasteiger partial charge >= 0.3 is 0 Å². The van der Waals surface area contributed by atoms with Gasteiger partial charge in [0.15, 0.2) is 0 Å². The molecule has 0 unspecified atom stereocenters. The summed E-state index contributed by atoms with van der Waals surface area (Å²) in [6.07, 6.45) is 11.0. The van der Waals surface area contributed by atoms with Gasteiger partial charge < -0.3 is 19.1 Å². The molecule has 0 saturated heterocycles. The normalized spacial score (nSPS) is 17.9. The number of aliphatic imine (C=N–C) groups is 2. The molecule has 284 valence electrons. The molecule has 0 fully saturated rings. The fourth-order valence-corrected chi connectivity index (χ4v) is 7.35. The lowest BCUT2D eigenvalue weighted by molar-refractivity contribution is 0.316. The van der Waals surface area contributed by atoms with Crippen molar-refractivity contribution in [2.75, 3.05) is 19.1 Å². The quantitative estimate of drug-likeness (QED) is 0.116. The number of rotatable bonds is 11. The number of ether oxygens (including phenoxy) is 3. The van der Waals surface area contributed by atoms with Crippen molar-refractivity contribution >= 4 is 62.0 Å². The van der Waals surface area contributed by atoms with E-state index >= 15 is 0 Å². The Bertz CT molecular complexity index is 2410. The fourth-order valence-electron chi connectivity index (χ4n) is 5.56. The van der Waals surface area contributed by atoms with E-state index in [4.69, 9.17) is 24.2 Å². The van der Waals surface area contributed by atoms with E-state index in [-0.39, 0.29) is 0 Å². The van der Waals surface area contributed by atoms with Crippen LogP contribution in [0, 0.1) is 6.92 Å². The maximum Gasteiger partial charge on any atom is 0.230 e. The van der Waals surface area contributed by atoms with Crippen LogP contribution in [0.1, 0.15) is 32.7 Å². The zero-order valence-electron chi connectivity index (χ0n) is 32.2. The predicted octanol–water partition coefficient (Wildman–Crippen LogP) is 7.26. The molecule has 55 heavy (non-hydrogen) atoms. The first-order valence-electron chi connectivity index (χ1n) is 17.5. The van der Waals surface area contributed by atoms with Crippen LogP contribution < -0.4 is 19.2 Å². The van der Waals surface area contributed by atoms with Gasteiger partial charge in [0.25, 0.3) is 0 Å². The van der Waals surface area contributed by atoms with E-state index in [9.17, 15) is 0 Å². The van der Waals surface area contributed by atoms with Crippen LogP contribution in [0.4, 0.5) is 16.5 Å². The molecule has 0 bridgehead atoms. The number of hydrogen-bond acceptors (Lipinski definition) is 14. The van der Waals surface area contributed by atoms with Crippen LogP contribution in [0.3, 0.4) is 0 Å². The second-order valence-electron chi connectivity index (χ2n) is 12.8. The van der Waals surface area contributed by atoms with Crippen LogP contribution in [0.25, 0.3) is 0 Å². The molecule has 0 saturated carbocycles. The minimum Gasteiger partial charge on any atom is -0.494 e. The van der Waals surface area contributed by atoms with E-state index in [1.165, 1.54) is 22.7 Å². The molecule has 0 amide bonds. The van der Waals surface area contributed by atoms with Crippen LogP contribution in [-0.2, 0) is 23.6 Å². The van der Waals surface area contributed by atoms with Gasteiger partial charge in [-0.25, -0.2) is 19.3 Å². The van der Waals surface area contributed by atoms with Crippen LogP contribution in [0.15, 0.2) is 127 Å². The van der Waals surface area contributed by atoms with E-state index in [1.54, 1.807) is 29.7 Å². The number of methoxy groups -OCH3 is 2. The van der Waals surface area contributed by atoms with Crippen LogP contribution in [0.5, 0.6) is 11.5 Å². The summed E-state index contributed by atoms with van der Waals surface area (Å²) in [4.78, 5) is 13.2. The van der Waals surface area contributed by atoms with Crippen LogP contribution in [0.2, 0.25) is 0 Å². The van der Waals surface area contributed by atoms with Gasteiger partial charge in [-0.05, 0) is 107 Å². The Kier molecular flexibility index (Phi) is 12.3. The standard InChI is InChI=1S/C39H43N11O3S2/c1-24(2)50(25(3)4)39-47-49(7)38(55-39)45-43-30-15-21-34(36(23-30)52-9)41-28-12-18-32(19-13-28)53-31-16-10-27(11-17-31)40-33-20-14-29(22-35(33)51-8)42-44-37-48(6)46-26(5)54-37/h10-25H,1-9H3/b40-33?,41-34?,42-29+,43-30+,44-37+,45-38+. The molecular weight excluding hydrogens is 735 g/mol. The van der Waals surface area contributed by atoms with E-state index in [1.807, 2.05) is 99.9 Å². The van der Waals surface area contributed by atoms with Gasteiger partial charge in [-0.2, -0.15) is 5.10 Å². The number of aryl methyl sites for hydroxylation is 3. The smallest absolute Gasteiger partial charge is 0.230 e. The highest BCUT2D eigenvalue weighted by atomic mass is 32.1. The molecule has 16 heteroatoms. The number of aromatic nitrogens is 4. The van der Waals surface area contributed by atoms with Crippen molar-refractivity contribution in [1.82, 2.24) is 19.6 Å². The Morgan fingerprint density at radius 3 is 1.49 bits per heavy atom. The molecule has 0 spiro atoms. The summed E-state index contributed by atoms with van der Waals surface area (Å²) in [6, 6.07) is 15.7. The first kappa shape index (κ1) is 38.7. The summed E-state index contributed by atoms with van der Waals surface area (Å²) in [5, 5.41) is 28.4. The SMILES string of the molecule is COC1=C/C(=N/N=c2/sc(C)nn2C)C=CC1=Nc1ccc(Oc2ccc(N=C3C=C/C(=N\N=c4\sc(N(C(C)C)C(C)C)nn4C)C=C3OC)cc2)cc1. The highest BCUT2D eigenvalue weighted by molar-refractivity contribution is 7.13. The van der Waals surface area contributed by atoms with Gasteiger partial charge in [0.1, 0.15) is 39.4 Å². The lowest BCUT2D eigenvalue weighted by Gasteiger charge is -2.29. The maximum atomic E-state index is 6.10. The Hall–Kier alpha value is -6.00. The largest absolute Gasteiger partial charge is 0.494 e. The van der Waals surface area contributed by atoms with Crippen molar-refractivity contribution in [3.63, 3.8) is 0 Å². The van der Waals surface area contributed by atoms with Crippen LogP contribution >= 0.6 is 22.7 Å². The van der Waals surface area contributed by atoms with Crippen molar-refractivity contribution in [3.8, 4) is 11.5 Å². The molecule has 0 atom stereocenters. The molecule has 2 aliphatic rings. The van der Waals surface area contributed by atoms with Crippen molar-refractivity contribution < 1.29 is 14.2 Å². The van der Waals surface area contributed by atoms with Gasteiger partial charge in [-0.15, -0.1) is 25.5 Å². The van der Waals surface area contributed by atoms with Crippen LogP contribution in [-0.4, -0.2) is 68.7 Å². The fraction of sp³-hybridized carbons (Fsp3) is 0.282. The van der Waals surface area contributed by atoms with E-state index in [2.05, 4.69) is 63.2 Å². The highest BCUT2D eigenvalue weighted by Gasteiger charge is 2.19. The van der Waals surface area contributed by atoms with Crippen molar-refractivity contribution in [2.45, 2.75) is 46.7 Å². The van der Waals surface area contributed by atoms with Gasteiger partial charge in [0.2, 0.25) is 14.7 Å². The third-order valence-corrected chi connectivity index (χ3v) is 9.98. The Morgan fingerprint density at radius 1 is 0.618 bits per heavy atom. The van der Waals surface area contributed by atoms with Gasteiger partial charge in [0.05, 0.1) is 37.0 Å². The first-order valence-corrected chi connectivity index (χ1v) is 19.1. The zero-order chi connectivity index (χ0) is 39.1. The van der Waals surface area contributed by atoms with Gasteiger partial charge in [-0.1, -0.05) is 22.7 Å². The summed E-state index contributed by atoms with van der Waals surface area (Å²) < 4.78 is 20.8. The summed E-state index contributed by atoms with van der Waals surface area (Å²) in [6.45, 7) is 10.6. The van der Waals surface area contributed by atoms with Gasteiger partial charge in [-0.3, -0.25) is 0 Å². The lowest BCUT2D eigenvalue weighted by Crippen LogP contribution is -2.37. The molecule has 0 N–H and O–H groups in total. The predicted molar refractivity (Wildman–Crippen MR) is 221 cm³/mol. The average Bonchev–Trinajstić information content (AvgIpc) is 3.70. The average molecular weight is 778 g/mol. The van der Waals surface area contributed by atoms with E-state index in [0.717, 1.165) is 21.5 Å². The van der Waals surface area contributed by atoms with Crippen molar-refractivity contribution in [2.24, 2.45) is 44.5 Å². The number of allylic oxidation sites excluding steroid dienone is 6. The minimum absolute atomic E-state index is 0.315. The molecule has 2 heterocycles. The maximum absolute atomic E-state index is 6.10. The molecule has 0 aliphatic heterocycles. The Labute approximate surface area is 327 Å². The van der Waals surface area contributed by atoms with Crippen molar-refractivity contribution in [3.05, 3.63) is 111 Å². The number of anilines is 1. The topological polar surface area (TPSA) is 141 Å². The molecule has 2 aromatic heterocycles. The summed E-state index contributed by atoms with van der Waals surface area (Å²) in [5.74, 6) is 2.51. The molecule has 2 aliphatic carbocycles. The monoisotopic (exact) mass is 777 g/mol. The third kappa shape index (κ3) is 9.76. The summed E-state index contributed by atoms with van der Waals surface area (Å²) in [7, 11) is 6.93. The summed E-state index contributed by atoms with van der Waals surface area (Å²) in [5.41, 5.74) is 4.12. The molecule has 0 radical (unpaired) electrons. The first-order chi connectivity index (χ1) is 26.5. The van der Waals surface area contributed by atoms with Gasteiger partial charge in [0, 0.05) is 38.3 Å². The third-order valence-electron chi connectivity index (χ3n) is 8.07. The Morgan fingerprint density at radius 2 is 1.07 bits per heavy atom. The minimum atomic E-state index is 0.315. The van der Waals surface area contributed by atoms with E-state index < -0.39 is 0 Å². The molecule has 14 nitrogen and oxygen atoms in total. The molecule has 4 aromatic rings. The second-order valence-corrected chi connectivity index (χ2v) is 14.9. The molecule has 6 rings (SSSR count). The molecule has 2 aromatic carbocycles. The summed E-state index contributed by atoms with van der Waals surface area (Å²) >= 11 is 2.98. The zero-order valence-corrected chi connectivity index (χ0v) is 33.8. The van der Waals surface area contributed by atoms with E-state index in [0.29, 0.717) is 67.6 Å². The Balaban J connectivity index is 1.09. The number of hydrogen-bond donors (Lipinski definition) is 0. The second kappa shape index (κ2) is 17.4. The number of benzene rings is 2. The number of nitrogens with zero attached hydrogens (tertiary/aromatic N) is 11. The molecular formula is C39H43N11O3S2. The highest BCUT2D eigenvalue weighted by Crippen LogP contribution is 2.28.